The SMILES string of the molecule is CN(C)C(=O)c1ccc(CNC2CCCCC2CO)[nH]1. The van der Waals surface area contributed by atoms with Crippen molar-refractivity contribution in [1.82, 2.24) is 15.2 Å². The molecule has 0 saturated heterocycles. The monoisotopic (exact) mass is 279 g/mol. The molecule has 3 N–H and O–H groups in total. The number of hydrogen-bond acceptors (Lipinski definition) is 3. The minimum Gasteiger partial charge on any atom is -0.396 e. The lowest BCUT2D eigenvalue weighted by atomic mass is 9.85. The quantitative estimate of drug-likeness (QED) is 0.762. The average Bonchev–Trinajstić information content (AvgIpc) is 2.93. The number of carbonyl (C=O) groups excluding carboxylic acids is 1. The minimum absolute atomic E-state index is 0.0119. The van der Waals surface area contributed by atoms with Crippen molar-refractivity contribution in [3.05, 3.63) is 23.5 Å². The van der Waals surface area contributed by atoms with Gasteiger partial charge >= 0.3 is 0 Å². The van der Waals surface area contributed by atoms with Crippen LogP contribution in [0, 0.1) is 5.92 Å². The molecule has 1 saturated carbocycles. The van der Waals surface area contributed by atoms with Gasteiger partial charge in [-0.25, -0.2) is 0 Å². The van der Waals surface area contributed by atoms with Crippen LogP contribution in [0.5, 0.6) is 0 Å². The summed E-state index contributed by atoms with van der Waals surface area (Å²) in [6.45, 7) is 0.967. The van der Waals surface area contributed by atoms with Crippen molar-refractivity contribution < 1.29 is 9.90 Å². The number of aliphatic hydroxyl groups excluding tert-OH is 1. The molecule has 0 bridgehead atoms. The summed E-state index contributed by atoms with van der Waals surface area (Å²) >= 11 is 0. The van der Waals surface area contributed by atoms with Gasteiger partial charge in [0.1, 0.15) is 5.69 Å². The molecule has 0 radical (unpaired) electrons. The summed E-state index contributed by atoms with van der Waals surface area (Å²) in [5.74, 6) is 0.351. The second-order valence-corrected chi connectivity index (χ2v) is 5.81. The summed E-state index contributed by atoms with van der Waals surface area (Å²) < 4.78 is 0. The van der Waals surface area contributed by atoms with Crippen LogP contribution < -0.4 is 5.32 Å². The average molecular weight is 279 g/mol. The molecule has 1 aliphatic carbocycles. The van der Waals surface area contributed by atoms with Crippen molar-refractivity contribution in [2.75, 3.05) is 20.7 Å². The van der Waals surface area contributed by atoms with Gasteiger partial charge in [-0.15, -0.1) is 0 Å². The Labute approximate surface area is 120 Å². The Hall–Kier alpha value is -1.33. The van der Waals surface area contributed by atoms with E-state index in [1.807, 2.05) is 12.1 Å². The Morgan fingerprint density at radius 2 is 2.15 bits per heavy atom. The highest BCUT2D eigenvalue weighted by Crippen LogP contribution is 2.24. The van der Waals surface area contributed by atoms with Gasteiger partial charge in [-0.3, -0.25) is 4.79 Å². The summed E-state index contributed by atoms with van der Waals surface area (Å²) in [5, 5.41) is 12.9. The van der Waals surface area contributed by atoms with Gasteiger partial charge in [-0.2, -0.15) is 0 Å². The molecule has 0 spiro atoms. The summed E-state index contributed by atoms with van der Waals surface area (Å²) in [4.78, 5) is 16.5. The first-order chi connectivity index (χ1) is 9.61. The van der Waals surface area contributed by atoms with Gasteiger partial charge in [0.25, 0.3) is 5.91 Å². The van der Waals surface area contributed by atoms with E-state index in [1.165, 1.54) is 12.8 Å². The largest absolute Gasteiger partial charge is 0.396 e. The number of H-pyrrole nitrogens is 1. The molecule has 2 atom stereocenters. The fourth-order valence-electron chi connectivity index (χ4n) is 2.84. The zero-order valence-electron chi connectivity index (χ0n) is 12.4. The number of nitrogens with zero attached hydrogens (tertiary/aromatic N) is 1. The number of aromatic nitrogens is 1. The molecular formula is C15H25N3O2. The number of rotatable bonds is 5. The summed E-state index contributed by atoms with van der Waals surface area (Å²) in [6, 6.07) is 4.15. The molecule has 1 aromatic heterocycles. The van der Waals surface area contributed by atoms with E-state index >= 15 is 0 Å². The van der Waals surface area contributed by atoms with Gasteiger partial charge in [0.2, 0.25) is 0 Å². The van der Waals surface area contributed by atoms with E-state index in [0.717, 1.165) is 18.5 Å². The van der Waals surface area contributed by atoms with Crippen LogP contribution in [0.1, 0.15) is 41.9 Å². The molecule has 1 heterocycles. The smallest absolute Gasteiger partial charge is 0.269 e. The van der Waals surface area contributed by atoms with Crippen LogP contribution in [-0.4, -0.2) is 47.6 Å². The Kier molecular flexibility index (Phi) is 5.20. The molecule has 1 amide bonds. The third kappa shape index (κ3) is 3.61. The molecule has 2 rings (SSSR count). The number of aliphatic hydroxyl groups is 1. The first-order valence-electron chi connectivity index (χ1n) is 7.35. The standard InChI is InChI=1S/C15H25N3O2/c1-18(2)15(20)14-8-7-12(17-14)9-16-13-6-4-3-5-11(13)10-19/h7-8,11,13,16-17,19H,3-6,9-10H2,1-2H3. The summed E-state index contributed by atoms with van der Waals surface area (Å²) in [6.07, 6.45) is 4.66. The second-order valence-electron chi connectivity index (χ2n) is 5.81. The maximum absolute atomic E-state index is 11.8. The number of carbonyl (C=O) groups is 1. The Morgan fingerprint density at radius 1 is 1.40 bits per heavy atom. The molecule has 1 aliphatic rings. The van der Waals surface area contributed by atoms with Crippen molar-refractivity contribution >= 4 is 5.91 Å². The first-order valence-corrected chi connectivity index (χ1v) is 7.35. The van der Waals surface area contributed by atoms with Crippen LogP contribution in [-0.2, 0) is 6.54 Å². The summed E-state index contributed by atoms with van der Waals surface area (Å²) in [7, 11) is 3.49. The van der Waals surface area contributed by atoms with Crippen LogP contribution in [0.2, 0.25) is 0 Å². The van der Waals surface area contributed by atoms with Crippen molar-refractivity contribution in [2.24, 2.45) is 5.92 Å². The van der Waals surface area contributed by atoms with E-state index in [2.05, 4.69) is 10.3 Å². The van der Waals surface area contributed by atoms with Crippen LogP contribution in [0.4, 0.5) is 0 Å². The van der Waals surface area contributed by atoms with Gasteiger partial charge < -0.3 is 20.3 Å². The first kappa shape index (κ1) is 15.1. The van der Waals surface area contributed by atoms with Gasteiger partial charge in [0.05, 0.1) is 0 Å². The second kappa shape index (κ2) is 6.90. The highest BCUT2D eigenvalue weighted by Gasteiger charge is 2.23. The van der Waals surface area contributed by atoms with E-state index in [9.17, 15) is 9.90 Å². The predicted octanol–water partition coefficient (Wildman–Crippen LogP) is 1.36. The van der Waals surface area contributed by atoms with E-state index in [1.54, 1.807) is 19.0 Å². The number of amides is 1. The van der Waals surface area contributed by atoms with Crippen LogP contribution >= 0.6 is 0 Å². The lowest BCUT2D eigenvalue weighted by Crippen LogP contribution is -2.39. The van der Waals surface area contributed by atoms with E-state index in [-0.39, 0.29) is 12.5 Å². The molecular weight excluding hydrogens is 254 g/mol. The Balaban J connectivity index is 1.89. The molecule has 0 aromatic carbocycles. The van der Waals surface area contributed by atoms with E-state index in [0.29, 0.717) is 24.2 Å². The van der Waals surface area contributed by atoms with Gasteiger partial charge in [-0.05, 0) is 30.9 Å². The minimum atomic E-state index is -0.0119. The topological polar surface area (TPSA) is 68.4 Å². The number of hydrogen-bond donors (Lipinski definition) is 3. The Morgan fingerprint density at radius 3 is 2.85 bits per heavy atom. The fraction of sp³-hybridized carbons (Fsp3) is 0.667. The molecule has 1 aromatic rings. The van der Waals surface area contributed by atoms with Crippen LogP contribution in [0.25, 0.3) is 0 Å². The third-order valence-electron chi connectivity index (χ3n) is 4.08. The van der Waals surface area contributed by atoms with Gasteiger partial charge in [-0.1, -0.05) is 12.8 Å². The molecule has 1 fully saturated rings. The lowest BCUT2D eigenvalue weighted by molar-refractivity contribution is 0.0822. The molecule has 20 heavy (non-hydrogen) atoms. The zero-order chi connectivity index (χ0) is 14.5. The highest BCUT2D eigenvalue weighted by molar-refractivity contribution is 5.92. The molecule has 0 aliphatic heterocycles. The van der Waals surface area contributed by atoms with Gasteiger partial charge in [0, 0.05) is 39.0 Å². The molecule has 5 nitrogen and oxygen atoms in total. The number of nitrogens with one attached hydrogen (secondary N) is 2. The molecule has 5 heteroatoms. The Bertz CT molecular complexity index is 442. The van der Waals surface area contributed by atoms with Crippen LogP contribution in [0.15, 0.2) is 12.1 Å². The maximum Gasteiger partial charge on any atom is 0.269 e. The predicted molar refractivity (Wildman–Crippen MR) is 78.5 cm³/mol. The highest BCUT2D eigenvalue weighted by atomic mass is 16.3. The fourth-order valence-corrected chi connectivity index (χ4v) is 2.84. The van der Waals surface area contributed by atoms with Crippen LogP contribution in [0.3, 0.4) is 0 Å². The van der Waals surface area contributed by atoms with Crippen molar-refractivity contribution in [3.8, 4) is 0 Å². The molecule has 2 unspecified atom stereocenters. The number of aromatic amines is 1. The molecule has 112 valence electrons. The third-order valence-corrected chi connectivity index (χ3v) is 4.08. The van der Waals surface area contributed by atoms with E-state index < -0.39 is 0 Å². The van der Waals surface area contributed by atoms with Crippen molar-refractivity contribution in [2.45, 2.75) is 38.3 Å². The van der Waals surface area contributed by atoms with E-state index in [4.69, 9.17) is 0 Å². The summed E-state index contributed by atoms with van der Waals surface area (Å²) in [5.41, 5.74) is 1.63. The normalized spacial score (nSPS) is 22.8. The zero-order valence-corrected chi connectivity index (χ0v) is 12.4. The van der Waals surface area contributed by atoms with Crippen molar-refractivity contribution in [3.63, 3.8) is 0 Å². The maximum atomic E-state index is 11.8. The lowest BCUT2D eigenvalue weighted by Gasteiger charge is -2.30. The van der Waals surface area contributed by atoms with Gasteiger partial charge in [0.15, 0.2) is 0 Å². The van der Waals surface area contributed by atoms with Crippen molar-refractivity contribution in [1.29, 1.82) is 0 Å².